The minimum Gasteiger partial charge on any atom is -0.496 e. The number of hydrogen-bond donors (Lipinski definition) is 2. The van der Waals surface area contributed by atoms with Crippen LogP contribution in [-0.4, -0.2) is 47.0 Å². The maximum absolute atomic E-state index is 5.87. The Morgan fingerprint density at radius 1 is 1.03 bits per heavy atom. The van der Waals surface area contributed by atoms with Crippen LogP contribution in [0.5, 0.6) is 11.5 Å². The van der Waals surface area contributed by atoms with E-state index in [1.165, 1.54) is 5.56 Å². The van der Waals surface area contributed by atoms with Crippen molar-refractivity contribution in [2.24, 2.45) is 4.99 Å². The molecule has 158 valence electrons. The summed E-state index contributed by atoms with van der Waals surface area (Å²) in [5, 5.41) is 6.76. The molecule has 6 heteroatoms. The van der Waals surface area contributed by atoms with E-state index in [4.69, 9.17) is 14.2 Å². The van der Waals surface area contributed by atoms with E-state index in [2.05, 4.69) is 47.7 Å². The topological polar surface area (TPSA) is 64.1 Å². The van der Waals surface area contributed by atoms with Crippen LogP contribution in [0.15, 0.2) is 47.5 Å². The molecule has 0 aliphatic carbocycles. The molecule has 0 amide bonds. The van der Waals surface area contributed by atoms with Gasteiger partial charge in [0.15, 0.2) is 5.96 Å². The van der Waals surface area contributed by atoms with Crippen molar-refractivity contribution in [3.63, 3.8) is 0 Å². The zero-order chi connectivity index (χ0) is 21.1. The molecule has 2 N–H and O–H groups in total. The van der Waals surface area contributed by atoms with Gasteiger partial charge in [0.05, 0.1) is 13.7 Å². The SMILES string of the molecule is CN=C(NCc1ccc(C)cc1OCCOC)NCC(C)c1ccccc1OC. The average molecular weight is 400 g/mol. The molecule has 6 nitrogen and oxygen atoms in total. The monoisotopic (exact) mass is 399 g/mol. The fourth-order valence-corrected chi connectivity index (χ4v) is 3.01. The Morgan fingerprint density at radius 2 is 1.83 bits per heavy atom. The molecule has 0 bridgehead atoms. The molecule has 0 spiro atoms. The number of guanidine groups is 1. The lowest BCUT2D eigenvalue weighted by Gasteiger charge is -2.19. The van der Waals surface area contributed by atoms with Gasteiger partial charge in [-0.05, 0) is 30.2 Å². The lowest BCUT2D eigenvalue weighted by Crippen LogP contribution is -2.38. The summed E-state index contributed by atoms with van der Waals surface area (Å²) in [6.07, 6.45) is 0. The predicted molar refractivity (Wildman–Crippen MR) is 118 cm³/mol. The smallest absolute Gasteiger partial charge is 0.191 e. The first-order valence-corrected chi connectivity index (χ1v) is 9.87. The summed E-state index contributed by atoms with van der Waals surface area (Å²) in [5.41, 5.74) is 3.41. The Hall–Kier alpha value is -2.73. The van der Waals surface area contributed by atoms with Gasteiger partial charge in [0.25, 0.3) is 0 Å². The Bertz CT molecular complexity index is 793. The molecule has 0 saturated carbocycles. The highest BCUT2D eigenvalue weighted by Crippen LogP contribution is 2.25. The molecule has 0 aromatic heterocycles. The highest BCUT2D eigenvalue weighted by molar-refractivity contribution is 5.79. The van der Waals surface area contributed by atoms with Gasteiger partial charge >= 0.3 is 0 Å². The number of rotatable bonds is 10. The van der Waals surface area contributed by atoms with Crippen LogP contribution in [0, 0.1) is 6.92 Å². The minimum absolute atomic E-state index is 0.275. The van der Waals surface area contributed by atoms with Crippen molar-refractivity contribution < 1.29 is 14.2 Å². The van der Waals surface area contributed by atoms with Crippen LogP contribution in [0.1, 0.15) is 29.5 Å². The molecule has 2 aromatic rings. The number of benzene rings is 2. The largest absolute Gasteiger partial charge is 0.496 e. The summed E-state index contributed by atoms with van der Waals surface area (Å²) >= 11 is 0. The third-order valence-corrected chi connectivity index (χ3v) is 4.68. The van der Waals surface area contributed by atoms with Crippen molar-refractivity contribution in [1.29, 1.82) is 0 Å². The average Bonchev–Trinajstić information content (AvgIpc) is 2.74. The van der Waals surface area contributed by atoms with Crippen LogP contribution in [0.25, 0.3) is 0 Å². The molecule has 2 rings (SSSR count). The maximum atomic E-state index is 5.87. The quantitative estimate of drug-likeness (QED) is 0.364. The standard InChI is InChI=1S/C23H33N3O3/c1-17-10-11-19(22(14-17)29-13-12-27-4)16-26-23(24-3)25-15-18(2)20-8-6-7-9-21(20)28-5/h6-11,14,18H,12-13,15-16H2,1-5H3,(H2,24,25,26). The zero-order valence-electron chi connectivity index (χ0n) is 18.1. The fraction of sp³-hybridized carbons (Fsp3) is 0.435. The molecule has 1 atom stereocenters. The molecule has 0 heterocycles. The molecule has 0 aliphatic heterocycles. The van der Waals surface area contributed by atoms with Gasteiger partial charge < -0.3 is 24.8 Å². The second-order valence-corrected chi connectivity index (χ2v) is 6.90. The molecular formula is C23H33N3O3. The minimum atomic E-state index is 0.275. The van der Waals surface area contributed by atoms with Crippen molar-refractivity contribution in [3.8, 4) is 11.5 Å². The molecule has 1 unspecified atom stereocenters. The summed E-state index contributed by atoms with van der Waals surface area (Å²) in [4.78, 5) is 4.34. The van der Waals surface area contributed by atoms with Crippen LogP contribution in [0.3, 0.4) is 0 Å². The Morgan fingerprint density at radius 3 is 2.55 bits per heavy atom. The normalized spacial score (nSPS) is 12.4. The van der Waals surface area contributed by atoms with Crippen molar-refractivity contribution in [2.45, 2.75) is 26.3 Å². The van der Waals surface area contributed by atoms with E-state index in [9.17, 15) is 0 Å². The Balaban J connectivity index is 1.94. The molecule has 29 heavy (non-hydrogen) atoms. The predicted octanol–water partition coefficient (Wildman–Crippen LogP) is 3.50. The number of methoxy groups -OCH3 is 2. The first-order chi connectivity index (χ1) is 14.1. The van der Waals surface area contributed by atoms with Crippen LogP contribution < -0.4 is 20.1 Å². The Kier molecular flexibility index (Phi) is 9.31. The first-order valence-electron chi connectivity index (χ1n) is 9.87. The lowest BCUT2D eigenvalue weighted by atomic mass is 10.0. The third-order valence-electron chi connectivity index (χ3n) is 4.68. The molecule has 2 aromatic carbocycles. The number of nitrogens with zero attached hydrogens (tertiary/aromatic N) is 1. The van der Waals surface area contributed by atoms with Crippen LogP contribution in [0.4, 0.5) is 0 Å². The first kappa shape index (κ1) is 22.6. The van der Waals surface area contributed by atoms with Gasteiger partial charge in [0.2, 0.25) is 0 Å². The van der Waals surface area contributed by atoms with Gasteiger partial charge in [-0.25, -0.2) is 0 Å². The van der Waals surface area contributed by atoms with Crippen molar-refractivity contribution >= 4 is 5.96 Å². The van der Waals surface area contributed by atoms with E-state index in [0.29, 0.717) is 19.8 Å². The Labute approximate surface area is 174 Å². The van der Waals surface area contributed by atoms with E-state index in [0.717, 1.165) is 35.1 Å². The van der Waals surface area contributed by atoms with Crippen molar-refractivity contribution in [1.82, 2.24) is 10.6 Å². The molecule has 0 saturated heterocycles. The van der Waals surface area contributed by atoms with Crippen LogP contribution >= 0.6 is 0 Å². The van der Waals surface area contributed by atoms with Crippen molar-refractivity contribution in [3.05, 3.63) is 59.2 Å². The lowest BCUT2D eigenvalue weighted by molar-refractivity contribution is 0.145. The summed E-state index contributed by atoms with van der Waals surface area (Å²) in [7, 11) is 5.14. The van der Waals surface area contributed by atoms with Gasteiger partial charge in [-0.3, -0.25) is 4.99 Å². The maximum Gasteiger partial charge on any atom is 0.191 e. The van der Waals surface area contributed by atoms with Gasteiger partial charge in [-0.2, -0.15) is 0 Å². The van der Waals surface area contributed by atoms with Gasteiger partial charge in [-0.1, -0.05) is 37.3 Å². The number of ether oxygens (including phenoxy) is 3. The summed E-state index contributed by atoms with van der Waals surface area (Å²) in [6.45, 7) is 6.66. The van der Waals surface area contributed by atoms with E-state index in [1.54, 1.807) is 21.3 Å². The second-order valence-electron chi connectivity index (χ2n) is 6.90. The van der Waals surface area contributed by atoms with Crippen LogP contribution in [-0.2, 0) is 11.3 Å². The van der Waals surface area contributed by atoms with Crippen molar-refractivity contribution in [2.75, 3.05) is 41.0 Å². The van der Waals surface area contributed by atoms with E-state index < -0.39 is 0 Å². The highest BCUT2D eigenvalue weighted by Gasteiger charge is 2.12. The summed E-state index contributed by atoms with van der Waals surface area (Å²) in [5.74, 6) is 2.79. The van der Waals surface area contributed by atoms with Crippen LogP contribution in [0.2, 0.25) is 0 Å². The van der Waals surface area contributed by atoms with Gasteiger partial charge in [0.1, 0.15) is 18.1 Å². The van der Waals surface area contributed by atoms with Gasteiger partial charge in [0, 0.05) is 38.7 Å². The number of aryl methyl sites for hydroxylation is 1. The van der Waals surface area contributed by atoms with E-state index in [-0.39, 0.29) is 5.92 Å². The zero-order valence-corrected chi connectivity index (χ0v) is 18.1. The molecule has 0 fully saturated rings. The number of aliphatic imine (C=N–C) groups is 1. The number of nitrogens with one attached hydrogen (secondary N) is 2. The molecule has 0 radical (unpaired) electrons. The fourth-order valence-electron chi connectivity index (χ4n) is 3.01. The number of hydrogen-bond acceptors (Lipinski definition) is 4. The second kappa shape index (κ2) is 12.0. The highest BCUT2D eigenvalue weighted by atomic mass is 16.5. The van der Waals surface area contributed by atoms with E-state index >= 15 is 0 Å². The molecular weight excluding hydrogens is 366 g/mol. The van der Waals surface area contributed by atoms with Gasteiger partial charge in [-0.15, -0.1) is 0 Å². The summed E-state index contributed by atoms with van der Waals surface area (Å²) < 4.78 is 16.4. The molecule has 0 aliphatic rings. The summed E-state index contributed by atoms with van der Waals surface area (Å²) in [6, 6.07) is 14.3. The third kappa shape index (κ3) is 6.98. The number of para-hydroxylation sites is 1. The van der Waals surface area contributed by atoms with E-state index in [1.807, 2.05) is 24.3 Å².